The molecular formula is C12H12Cl2O3. The number of methoxy groups -OCH3 is 1. The van der Waals surface area contributed by atoms with Crippen LogP contribution in [0.15, 0.2) is 18.2 Å². The molecule has 0 aliphatic heterocycles. The Balaban J connectivity index is 2.03. The van der Waals surface area contributed by atoms with Crippen LogP contribution < -0.4 is 0 Å². The van der Waals surface area contributed by atoms with E-state index < -0.39 is 5.60 Å². The zero-order valence-corrected chi connectivity index (χ0v) is 10.8. The average molecular weight is 275 g/mol. The van der Waals surface area contributed by atoms with Gasteiger partial charge in [0.15, 0.2) is 5.60 Å². The minimum atomic E-state index is -0.763. The molecule has 1 aromatic carbocycles. The number of ether oxygens (including phenoxy) is 2. The quantitative estimate of drug-likeness (QED) is 0.791. The second-order valence-corrected chi connectivity index (χ2v) is 4.85. The second kappa shape index (κ2) is 4.84. The summed E-state index contributed by atoms with van der Waals surface area (Å²) >= 11 is 11.9. The SMILES string of the molecule is COC(=O)C1(OCc2cc(Cl)ccc2Cl)CC1. The molecule has 0 atom stereocenters. The molecule has 1 aliphatic rings. The van der Waals surface area contributed by atoms with E-state index in [1.807, 2.05) is 0 Å². The fourth-order valence-corrected chi connectivity index (χ4v) is 1.94. The van der Waals surface area contributed by atoms with Gasteiger partial charge in [-0.25, -0.2) is 4.79 Å². The predicted octanol–water partition coefficient (Wildman–Crippen LogP) is 3.22. The van der Waals surface area contributed by atoms with Gasteiger partial charge in [-0.3, -0.25) is 0 Å². The van der Waals surface area contributed by atoms with Crippen LogP contribution in [0.3, 0.4) is 0 Å². The van der Waals surface area contributed by atoms with Crippen LogP contribution in [-0.2, 0) is 20.9 Å². The van der Waals surface area contributed by atoms with Crippen molar-refractivity contribution in [1.29, 1.82) is 0 Å². The van der Waals surface area contributed by atoms with E-state index in [2.05, 4.69) is 0 Å². The molecule has 1 aromatic rings. The largest absolute Gasteiger partial charge is 0.467 e. The molecule has 0 saturated heterocycles. The van der Waals surface area contributed by atoms with Crippen molar-refractivity contribution in [1.82, 2.24) is 0 Å². The normalized spacial score (nSPS) is 16.6. The number of hydrogen-bond donors (Lipinski definition) is 0. The summed E-state index contributed by atoms with van der Waals surface area (Å²) in [4.78, 5) is 11.5. The van der Waals surface area contributed by atoms with Crippen LogP contribution in [0.25, 0.3) is 0 Å². The first kappa shape index (κ1) is 12.7. The summed E-state index contributed by atoms with van der Waals surface area (Å²) < 4.78 is 10.3. The molecule has 2 rings (SSSR count). The summed E-state index contributed by atoms with van der Waals surface area (Å²) in [5.74, 6) is -0.323. The highest BCUT2D eigenvalue weighted by Crippen LogP contribution is 2.41. The third kappa shape index (κ3) is 2.73. The summed E-state index contributed by atoms with van der Waals surface area (Å²) in [6, 6.07) is 5.15. The molecule has 0 radical (unpaired) electrons. The topological polar surface area (TPSA) is 35.5 Å². The van der Waals surface area contributed by atoms with E-state index in [9.17, 15) is 4.79 Å². The van der Waals surface area contributed by atoms with Crippen molar-refractivity contribution in [2.24, 2.45) is 0 Å². The Bertz CT molecular complexity index is 441. The fraction of sp³-hybridized carbons (Fsp3) is 0.417. The maximum absolute atomic E-state index is 11.5. The van der Waals surface area contributed by atoms with Gasteiger partial charge < -0.3 is 9.47 Å². The number of hydrogen-bond acceptors (Lipinski definition) is 3. The smallest absolute Gasteiger partial charge is 0.338 e. The molecule has 0 N–H and O–H groups in total. The Morgan fingerprint density at radius 1 is 1.41 bits per heavy atom. The lowest BCUT2D eigenvalue weighted by Gasteiger charge is -2.14. The minimum absolute atomic E-state index is 0.258. The predicted molar refractivity (Wildman–Crippen MR) is 65.2 cm³/mol. The fourth-order valence-electron chi connectivity index (χ4n) is 1.58. The van der Waals surface area contributed by atoms with Crippen LogP contribution in [0.1, 0.15) is 18.4 Å². The van der Waals surface area contributed by atoms with Gasteiger partial charge in [0.2, 0.25) is 0 Å². The van der Waals surface area contributed by atoms with E-state index in [4.69, 9.17) is 32.7 Å². The second-order valence-electron chi connectivity index (χ2n) is 4.01. The van der Waals surface area contributed by atoms with E-state index in [-0.39, 0.29) is 12.6 Å². The van der Waals surface area contributed by atoms with Crippen molar-refractivity contribution in [2.45, 2.75) is 25.0 Å². The molecular weight excluding hydrogens is 263 g/mol. The number of benzene rings is 1. The lowest BCUT2D eigenvalue weighted by atomic mass is 10.2. The molecule has 5 heteroatoms. The summed E-state index contributed by atoms with van der Waals surface area (Å²) in [6.07, 6.45) is 1.38. The van der Waals surface area contributed by atoms with Crippen molar-refractivity contribution in [3.05, 3.63) is 33.8 Å². The highest BCUT2D eigenvalue weighted by Gasteiger charge is 2.52. The van der Waals surface area contributed by atoms with Gasteiger partial charge in [0.25, 0.3) is 0 Å². The first-order chi connectivity index (χ1) is 8.07. The molecule has 92 valence electrons. The van der Waals surface area contributed by atoms with E-state index in [1.54, 1.807) is 18.2 Å². The van der Waals surface area contributed by atoms with Crippen molar-refractivity contribution >= 4 is 29.2 Å². The monoisotopic (exact) mass is 274 g/mol. The van der Waals surface area contributed by atoms with E-state index in [1.165, 1.54) is 7.11 Å². The van der Waals surface area contributed by atoms with Crippen LogP contribution in [0.5, 0.6) is 0 Å². The van der Waals surface area contributed by atoms with Gasteiger partial charge >= 0.3 is 5.97 Å². The van der Waals surface area contributed by atoms with Crippen molar-refractivity contribution in [2.75, 3.05) is 7.11 Å². The first-order valence-electron chi connectivity index (χ1n) is 5.24. The van der Waals surface area contributed by atoms with Crippen molar-refractivity contribution < 1.29 is 14.3 Å². The van der Waals surface area contributed by atoms with Gasteiger partial charge in [0.05, 0.1) is 13.7 Å². The summed E-state index contributed by atoms with van der Waals surface area (Å²) in [6.45, 7) is 0.258. The van der Waals surface area contributed by atoms with Gasteiger partial charge in [-0.05, 0) is 36.6 Å². The zero-order valence-electron chi connectivity index (χ0n) is 9.33. The summed E-state index contributed by atoms with van der Waals surface area (Å²) in [7, 11) is 1.36. The number of carbonyl (C=O) groups is 1. The third-order valence-electron chi connectivity index (χ3n) is 2.77. The lowest BCUT2D eigenvalue weighted by molar-refractivity contribution is -0.158. The third-order valence-corrected chi connectivity index (χ3v) is 3.38. The van der Waals surface area contributed by atoms with Crippen LogP contribution in [0, 0.1) is 0 Å². The van der Waals surface area contributed by atoms with Gasteiger partial charge in [0.1, 0.15) is 0 Å². The van der Waals surface area contributed by atoms with E-state index >= 15 is 0 Å². The Labute approximate surface area is 110 Å². The van der Waals surface area contributed by atoms with Crippen molar-refractivity contribution in [3.63, 3.8) is 0 Å². The Kier molecular flexibility index (Phi) is 3.61. The maximum Gasteiger partial charge on any atom is 0.338 e. The number of halogens is 2. The van der Waals surface area contributed by atoms with Crippen molar-refractivity contribution in [3.8, 4) is 0 Å². The summed E-state index contributed by atoms with van der Waals surface area (Å²) in [5.41, 5.74) is 0.00905. The van der Waals surface area contributed by atoms with Crippen LogP contribution in [-0.4, -0.2) is 18.7 Å². The number of esters is 1. The molecule has 1 saturated carbocycles. The van der Waals surface area contributed by atoms with Gasteiger partial charge in [-0.1, -0.05) is 23.2 Å². The Morgan fingerprint density at radius 3 is 2.71 bits per heavy atom. The Morgan fingerprint density at radius 2 is 2.12 bits per heavy atom. The van der Waals surface area contributed by atoms with Gasteiger partial charge in [-0.2, -0.15) is 0 Å². The van der Waals surface area contributed by atoms with Crippen LogP contribution in [0.4, 0.5) is 0 Å². The molecule has 0 amide bonds. The molecule has 0 aromatic heterocycles. The standard InChI is InChI=1S/C12H12Cl2O3/c1-16-11(15)12(4-5-12)17-7-8-6-9(13)2-3-10(8)14/h2-3,6H,4-5,7H2,1H3. The van der Waals surface area contributed by atoms with Gasteiger partial charge in [0, 0.05) is 10.0 Å². The molecule has 0 unspecified atom stereocenters. The molecule has 0 bridgehead atoms. The lowest BCUT2D eigenvalue weighted by Crippen LogP contribution is -2.27. The molecule has 0 heterocycles. The van der Waals surface area contributed by atoms with E-state index in [0.29, 0.717) is 22.9 Å². The number of rotatable bonds is 4. The highest BCUT2D eigenvalue weighted by atomic mass is 35.5. The Hall–Kier alpha value is -0.770. The van der Waals surface area contributed by atoms with E-state index in [0.717, 1.165) is 5.56 Å². The van der Waals surface area contributed by atoms with Gasteiger partial charge in [-0.15, -0.1) is 0 Å². The maximum atomic E-state index is 11.5. The zero-order chi connectivity index (χ0) is 12.5. The highest BCUT2D eigenvalue weighted by molar-refractivity contribution is 6.33. The molecule has 1 aliphatic carbocycles. The number of carbonyl (C=O) groups excluding carboxylic acids is 1. The van der Waals surface area contributed by atoms with Crippen LogP contribution in [0.2, 0.25) is 10.0 Å². The molecule has 0 spiro atoms. The van der Waals surface area contributed by atoms with Crippen LogP contribution >= 0.6 is 23.2 Å². The summed E-state index contributed by atoms with van der Waals surface area (Å²) in [5, 5.41) is 1.17. The molecule has 3 nitrogen and oxygen atoms in total. The molecule has 17 heavy (non-hydrogen) atoms. The average Bonchev–Trinajstić information content (AvgIpc) is 3.10. The minimum Gasteiger partial charge on any atom is -0.467 e. The molecule has 1 fully saturated rings. The first-order valence-corrected chi connectivity index (χ1v) is 5.99.